The van der Waals surface area contributed by atoms with Crippen molar-refractivity contribution >= 4 is 16.8 Å². The Balaban J connectivity index is 1.54. The highest BCUT2D eigenvalue weighted by Crippen LogP contribution is 2.39. The first-order valence-corrected chi connectivity index (χ1v) is 8.48. The third-order valence-corrected chi connectivity index (χ3v) is 5.78. The zero-order chi connectivity index (χ0) is 16.0. The second-order valence-corrected chi connectivity index (χ2v) is 7.16. The number of nitrogens with zero attached hydrogens (tertiary/aromatic N) is 4. The van der Waals surface area contributed by atoms with Crippen LogP contribution < -0.4 is 0 Å². The van der Waals surface area contributed by atoms with Crippen molar-refractivity contribution in [2.24, 2.45) is 0 Å². The molecule has 2 aromatic rings. The SMILES string of the molecule is Cc1cn(CC(=O)N2CCC23CCN(C)CC3)c2ccncc12. The quantitative estimate of drug-likeness (QED) is 0.852. The van der Waals surface area contributed by atoms with Gasteiger partial charge in [0.2, 0.25) is 5.91 Å². The Morgan fingerprint density at radius 1 is 1.26 bits per heavy atom. The first-order valence-electron chi connectivity index (χ1n) is 8.48. The molecule has 2 fully saturated rings. The number of rotatable bonds is 2. The second kappa shape index (κ2) is 5.34. The summed E-state index contributed by atoms with van der Waals surface area (Å²) in [5.74, 6) is 0.259. The maximum absolute atomic E-state index is 12.9. The fourth-order valence-electron chi connectivity index (χ4n) is 4.16. The van der Waals surface area contributed by atoms with Crippen LogP contribution in [0.2, 0.25) is 0 Å². The summed E-state index contributed by atoms with van der Waals surface area (Å²) in [5.41, 5.74) is 2.42. The number of pyridine rings is 1. The van der Waals surface area contributed by atoms with Crippen LogP contribution in [0.5, 0.6) is 0 Å². The smallest absolute Gasteiger partial charge is 0.242 e. The summed E-state index contributed by atoms with van der Waals surface area (Å²) in [6.07, 6.45) is 9.15. The van der Waals surface area contributed by atoms with Gasteiger partial charge in [0.05, 0.1) is 5.52 Å². The van der Waals surface area contributed by atoms with E-state index in [9.17, 15) is 4.79 Å². The first kappa shape index (κ1) is 14.7. The summed E-state index contributed by atoms with van der Waals surface area (Å²) < 4.78 is 2.08. The Morgan fingerprint density at radius 3 is 2.70 bits per heavy atom. The minimum absolute atomic E-state index is 0.142. The summed E-state index contributed by atoms with van der Waals surface area (Å²) >= 11 is 0. The summed E-state index contributed by atoms with van der Waals surface area (Å²) in [4.78, 5) is 21.6. The highest BCUT2D eigenvalue weighted by molar-refractivity contribution is 5.85. The van der Waals surface area contributed by atoms with Gasteiger partial charge in [0.25, 0.3) is 0 Å². The van der Waals surface area contributed by atoms with E-state index in [0.29, 0.717) is 6.54 Å². The van der Waals surface area contributed by atoms with Crippen LogP contribution in [0.25, 0.3) is 10.9 Å². The molecule has 0 unspecified atom stereocenters. The van der Waals surface area contributed by atoms with Crippen LogP contribution in [-0.4, -0.2) is 57.5 Å². The molecular weight excluding hydrogens is 288 g/mol. The molecular formula is C18H24N4O. The number of piperidine rings is 1. The maximum atomic E-state index is 12.9. The third kappa shape index (κ3) is 2.34. The van der Waals surface area contributed by atoms with Crippen LogP contribution in [-0.2, 0) is 11.3 Å². The van der Waals surface area contributed by atoms with Gasteiger partial charge < -0.3 is 14.4 Å². The summed E-state index contributed by atoms with van der Waals surface area (Å²) in [7, 11) is 2.17. The van der Waals surface area contributed by atoms with Gasteiger partial charge in [-0.2, -0.15) is 0 Å². The maximum Gasteiger partial charge on any atom is 0.242 e. The predicted molar refractivity (Wildman–Crippen MR) is 90.3 cm³/mol. The van der Waals surface area contributed by atoms with Crippen molar-refractivity contribution in [3.63, 3.8) is 0 Å². The molecule has 2 aliphatic rings. The summed E-state index contributed by atoms with van der Waals surface area (Å²) in [5, 5.41) is 1.14. The van der Waals surface area contributed by atoms with Crippen molar-refractivity contribution in [3.8, 4) is 0 Å². The van der Waals surface area contributed by atoms with Gasteiger partial charge in [0.1, 0.15) is 6.54 Å². The molecule has 0 radical (unpaired) electrons. The average Bonchev–Trinajstić information content (AvgIpc) is 2.84. The zero-order valence-electron chi connectivity index (χ0n) is 14.0. The van der Waals surface area contributed by atoms with E-state index in [1.54, 1.807) is 6.20 Å². The lowest BCUT2D eigenvalue weighted by molar-refractivity contribution is -0.152. The largest absolute Gasteiger partial charge is 0.338 e. The van der Waals surface area contributed by atoms with Crippen LogP contribution in [0, 0.1) is 6.92 Å². The Labute approximate surface area is 136 Å². The van der Waals surface area contributed by atoms with Gasteiger partial charge in [-0.25, -0.2) is 0 Å². The Hall–Kier alpha value is -1.88. The Bertz CT molecular complexity index is 743. The van der Waals surface area contributed by atoms with Crippen molar-refractivity contribution in [1.29, 1.82) is 0 Å². The minimum Gasteiger partial charge on any atom is -0.338 e. The number of likely N-dealkylation sites (tertiary alicyclic amines) is 2. The third-order valence-electron chi connectivity index (χ3n) is 5.78. The number of fused-ring (bicyclic) bond motifs is 1. The molecule has 122 valence electrons. The van der Waals surface area contributed by atoms with Gasteiger partial charge >= 0.3 is 0 Å². The van der Waals surface area contributed by atoms with Crippen LogP contribution in [0.3, 0.4) is 0 Å². The lowest BCUT2D eigenvalue weighted by Gasteiger charge is -2.56. The van der Waals surface area contributed by atoms with Gasteiger partial charge in [0.15, 0.2) is 0 Å². The van der Waals surface area contributed by atoms with Crippen LogP contribution >= 0.6 is 0 Å². The summed E-state index contributed by atoms with van der Waals surface area (Å²) in [6.45, 7) is 5.63. The molecule has 2 aromatic heterocycles. The van der Waals surface area contributed by atoms with Gasteiger partial charge in [-0.15, -0.1) is 0 Å². The molecule has 5 heteroatoms. The van der Waals surface area contributed by atoms with Crippen LogP contribution in [0.15, 0.2) is 24.7 Å². The van der Waals surface area contributed by atoms with Crippen molar-refractivity contribution < 1.29 is 4.79 Å². The topological polar surface area (TPSA) is 41.4 Å². The first-order chi connectivity index (χ1) is 11.1. The molecule has 4 heterocycles. The van der Waals surface area contributed by atoms with Crippen molar-refractivity contribution in [2.45, 2.75) is 38.3 Å². The Kier molecular flexibility index (Phi) is 3.41. The van der Waals surface area contributed by atoms with Gasteiger partial charge in [-0.3, -0.25) is 9.78 Å². The molecule has 0 aromatic carbocycles. The van der Waals surface area contributed by atoms with Crippen molar-refractivity contribution in [2.75, 3.05) is 26.7 Å². The molecule has 1 amide bonds. The molecule has 0 saturated carbocycles. The normalized spacial score (nSPS) is 20.9. The number of hydrogen-bond donors (Lipinski definition) is 0. The fourth-order valence-corrected chi connectivity index (χ4v) is 4.16. The van der Waals surface area contributed by atoms with Gasteiger partial charge in [-0.1, -0.05) is 0 Å². The van der Waals surface area contributed by atoms with Gasteiger partial charge in [-0.05, 0) is 44.9 Å². The molecule has 0 bridgehead atoms. The van der Waals surface area contributed by atoms with Crippen molar-refractivity contribution in [3.05, 3.63) is 30.2 Å². The molecule has 1 spiro atoms. The lowest BCUT2D eigenvalue weighted by atomic mass is 9.76. The molecule has 23 heavy (non-hydrogen) atoms. The number of aryl methyl sites for hydroxylation is 1. The molecule has 2 saturated heterocycles. The van der Waals surface area contributed by atoms with E-state index >= 15 is 0 Å². The number of hydrogen-bond acceptors (Lipinski definition) is 3. The van der Waals surface area contributed by atoms with E-state index in [2.05, 4.69) is 39.5 Å². The number of aromatic nitrogens is 2. The number of carbonyl (C=O) groups is 1. The van der Waals surface area contributed by atoms with E-state index in [0.717, 1.165) is 43.4 Å². The standard InChI is InChI=1S/C18H24N4O/c1-14-12-21(16-3-7-19-11-15(14)16)13-17(23)22-10-6-18(22)4-8-20(2)9-5-18/h3,7,11-12H,4-6,8-10,13H2,1-2H3. The average molecular weight is 312 g/mol. The van der Waals surface area contributed by atoms with E-state index in [-0.39, 0.29) is 11.4 Å². The van der Waals surface area contributed by atoms with E-state index in [1.165, 1.54) is 12.0 Å². The fraction of sp³-hybridized carbons (Fsp3) is 0.556. The monoisotopic (exact) mass is 312 g/mol. The molecule has 0 N–H and O–H groups in total. The predicted octanol–water partition coefficient (Wildman–Crippen LogP) is 2.04. The zero-order valence-corrected chi connectivity index (χ0v) is 14.0. The highest BCUT2D eigenvalue weighted by atomic mass is 16.2. The highest BCUT2D eigenvalue weighted by Gasteiger charge is 2.48. The number of carbonyl (C=O) groups excluding carboxylic acids is 1. The minimum atomic E-state index is 0.142. The second-order valence-electron chi connectivity index (χ2n) is 7.16. The molecule has 5 nitrogen and oxygen atoms in total. The van der Waals surface area contributed by atoms with Gasteiger partial charge in [0, 0.05) is 49.1 Å². The number of amides is 1. The lowest BCUT2D eigenvalue weighted by Crippen LogP contribution is -2.66. The van der Waals surface area contributed by atoms with Crippen LogP contribution in [0.1, 0.15) is 24.8 Å². The summed E-state index contributed by atoms with van der Waals surface area (Å²) in [6, 6.07) is 2.00. The molecule has 4 rings (SSSR count). The van der Waals surface area contributed by atoms with E-state index in [1.807, 2.05) is 12.3 Å². The van der Waals surface area contributed by atoms with E-state index in [4.69, 9.17) is 0 Å². The molecule has 0 atom stereocenters. The Morgan fingerprint density at radius 2 is 2.00 bits per heavy atom. The van der Waals surface area contributed by atoms with Crippen LogP contribution in [0.4, 0.5) is 0 Å². The van der Waals surface area contributed by atoms with E-state index < -0.39 is 0 Å². The van der Waals surface area contributed by atoms with Crippen molar-refractivity contribution in [1.82, 2.24) is 19.4 Å². The molecule has 2 aliphatic heterocycles. The molecule has 0 aliphatic carbocycles.